The fourth-order valence-corrected chi connectivity index (χ4v) is 2.90. The van der Waals surface area contributed by atoms with Gasteiger partial charge in [0.05, 0.1) is 11.3 Å². The van der Waals surface area contributed by atoms with Gasteiger partial charge in [-0.15, -0.1) is 0 Å². The highest BCUT2D eigenvalue weighted by molar-refractivity contribution is 14.1. The zero-order valence-electron chi connectivity index (χ0n) is 10.8. The molecule has 0 unspecified atom stereocenters. The Kier molecular flexibility index (Phi) is 4.14. The molecule has 0 aliphatic rings. The Morgan fingerprint density at radius 1 is 1.00 bits per heavy atom. The van der Waals surface area contributed by atoms with Gasteiger partial charge in [0.2, 0.25) is 0 Å². The van der Waals surface area contributed by atoms with Crippen molar-refractivity contribution in [2.24, 2.45) is 0 Å². The summed E-state index contributed by atoms with van der Waals surface area (Å²) in [6.07, 6.45) is 1.45. The lowest BCUT2D eigenvalue weighted by molar-refractivity contribution is 0.547. The van der Waals surface area contributed by atoms with Gasteiger partial charge in [-0.25, -0.2) is 18.2 Å². The van der Waals surface area contributed by atoms with Gasteiger partial charge < -0.3 is 0 Å². The molecule has 0 saturated carbocycles. The van der Waals surface area contributed by atoms with Crippen LogP contribution >= 0.6 is 34.2 Å². The first kappa shape index (κ1) is 15.4. The van der Waals surface area contributed by atoms with Gasteiger partial charge in [0.25, 0.3) is 0 Å². The quantitative estimate of drug-likeness (QED) is 0.506. The van der Waals surface area contributed by atoms with Crippen LogP contribution < -0.4 is 0 Å². The molecular weight excluding hydrogens is 428 g/mol. The first-order chi connectivity index (χ1) is 10.5. The Hall–Kier alpha value is -1.54. The second kappa shape index (κ2) is 5.92. The van der Waals surface area contributed by atoms with Gasteiger partial charge in [-0.05, 0) is 46.9 Å². The number of halogens is 5. The first-order valence-electron chi connectivity index (χ1n) is 6.11. The van der Waals surface area contributed by atoms with E-state index in [0.29, 0.717) is 26.5 Å². The van der Waals surface area contributed by atoms with Crippen LogP contribution in [-0.2, 0) is 0 Å². The van der Waals surface area contributed by atoms with Gasteiger partial charge >= 0.3 is 0 Å². The summed E-state index contributed by atoms with van der Waals surface area (Å²) in [5.41, 5.74) is 0.536. The zero-order chi connectivity index (χ0) is 15.9. The Labute approximate surface area is 142 Å². The molecule has 7 heteroatoms. The maximum Gasteiger partial charge on any atom is 0.138 e. The SMILES string of the molecule is Fc1cc(F)c(-c2c(I)ncn2-c2ccc(Cl)cc2)c(F)c1. The summed E-state index contributed by atoms with van der Waals surface area (Å²) in [7, 11) is 0. The van der Waals surface area contributed by atoms with Crippen molar-refractivity contribution in [3.63, 3.8) is 0 Å². The molecule has 1 heterocycles. The van der Waals surface area contributed by atoms with E-state index >= 15 is 0 Å². The highest BCUT2D eigenvalue weighted by Gasteiger charge is 2.21. The minimum Gasteiger partial charge on any atom is -0.298 e. The maximum absolute atomic E-state index is 14.1. The van der Waals surface area contributed by atoms with Gasteiger partial charge in [0.1, 0.15) is 27.5 Å². The predicted octanol–water partition coefficient (Wildman–Crippen LogP) is 5.21. The monoisotopic (exact) mass is 434 g/mol. The molecule has 0 N–H and O–H groups in total. The predicted molar refractivity (Wildman–Crippen MR) is 86.6 cm³/mol. The van der Waals surface area contributed by atoms with Crippen LogP contribution in [0.15, 0.2) is 42.7 Å². The lowest BCUT2D eigenvalue weighted by Gasteiger charge is -2.11. The molecule has 22 heavy (non-hydrogen) atoms. The third kappa shape index (κ3) is 2.72. The Morgan fingerprint density at radius 3 is 2.18 bits per heavy atom. The van der Waals surface area contributed by atoms with E-state index in [4.69, 9.17) is 11.6 Å². The van der Waals surface area contributed by atoms with E-state index in [1.165, 1.54) is 10.9 Å². The average molecular weight is 435 g/mol. The summed E-state index contributed by atoms with van der Waals surface area (Å²) in [5.74, 6) is -2.93. The van der Waals surface area contributed by atoms with Crippen molar-refractivity contribution in [2.45, 2.75) is 0 Å². The Balaban J connectivity index is 2.25. The van der Waals surface area contributed by atoms with E-state index in [2.05, 4.69) is 4.98 Å². The van der Waals surface area contributed by atoms with Gasteiger partial charge in [-0.2, -0.15) is 0 Å². The van der Waals surface area contributed by atoms with E-state index in [-0.39, 0.29) is 11.3 Å². The van der Waals surface area contributed by atoms with Crippen molar-refractivity contribution < 1.29 is 13.2 Å². The number of benzene rings is 2. The number of rotatable bonds is 2. The molecule has 3 aromatic rings. The highest BCUT2D eigenvalue weighted by Crippen LogP contribution is 2.32. The number of hydrogen-bond donors (Lipinski definition) is 0. The van der Waals surface area contributed by atoms with Crippen LogP contribution in [0.25, 0.3) is 16.9 Å². The van der Waals surface area contributed by atoms with Crippen LogP contribution in [0.3, 0.4) is 0 Å². The second-order valence-corrected chi connectivity index (χ2v) is 5.93. The molecule has 0 aliphatic carbocycles. The third-order valence-corrected chi connectivity index (χ3v) is 4.11. The lowest BCUT2D eigenvalue weighted by atomic mass is 10.1. The zero-order valence-corrected chi connectivity index (χ0v) is 13.7. The molecule has 1 aromatic heterocycles. The molecule has 2 nitrogen and oxygen atoms in total. The largest absolute Gasteiger partial charge is 0.298 e. The maximum atomic E-state index is 14.1. The lowest BCUT2D eigenvalue weighted by Crippen LogP contribution is -2.01. The van der Waals surface area contributed by atoms with Crippen LogP contribution in [0.5, 0.6) is 0 Å². The van der Waals surface area contributed by atoms with Crippen LogP contribution in [0.2, 0.25) is 5.02 Å². The van der Waals surface area contributed by atoms with E-state index in [1.54, 1.807) is 24.3 Å². The van der Waals surface area contributed by atoms with Crippen LogP contribution in [0, 0.1) is 21.2 Å². The fourth-order valence-electron chi connectivity index (χ4n) is 2.12. The normalized spacial score (nSPS) is 11.0. The van der Waals surface area contributed by atoms with Crippen molar-refractivity contribution in [1.29, 1.82) is 0 Å². The minimum absolute atomic E-state index is 0.220. The highest BCUT2D eigenvalue weighted by atomic mass is 127. The molecule has 112 valence electrons. The Bertz CT molecular complexity index is 823. The molecule has 3 rings (SSSR count). The molecule has 0 amide bonds. The molecule has 2 aromatic carbocycles. The van der Waals surface area contributed by atoms with Gasteiger partial charge in [-0.1, -0.05) is 11.6 Å². The smallest absolute Gasteiger partial charge is 0.138 e. The number of hydrogen-bond acceptors (Lipinski definition) is 1. The topological polar surface area (TPSA) is 17.8 Å². The summed E-state index contributed by atoms with van der Waals surface area (Å²) in [6, 6.07) is 8.00. The summed E-state index contributed by atoms with van der Waals surface area (Å²) in [6.45, 7) is 0. The van der Waals surface area contributed by atoms with Crippen molar-refractivity contribution in [2.75, 3.05) is 0 Å². The van der Waals surface area contributed by atoms with Crippen LogP contribution in [0.4, 0.5) is 13.2 Å². The van der Waals surface area contributed by atoms with Crippen molar-refractivity contribution in [1.82, 2.24) is 9.55 Å². The molecule has 0 aliphatic heterocycles. The molecule has 0 fully saturated rings. The third-order valence-electron chi connectivity index (χ3n) is 3.07. The average Bonchev–Trinajstić information content (AvgIpc) is 2.81. The number of aromatic nitrogens is 2. The van der Waals surface area contributed by atoms with Crippen LogP contribution in [0.1, 0.15) is 0 Å². The second-order valence-electron chi connectivity index (χ2n) is 4.47. The van der Waals surface area contributed by atoms with E-state index < -0.39 is 17.5 Å². The van der Waals surface area contributed by atoms with Crippen molar-refractivity contribution >= 4 is 34.2 Å². The molecule has 0 atom stereocenters. The summed E-state index contributed by atoms with van der Waals surface area (Å²) in [5, 5.41) is 0.541. The molecule has 0 spiro atoms. The van der Waals surface area contributed by atoms with Gasteiger partial charge in [-0.3, -0.25) is 4.57 Å². The van der Waals surface area contributed by atoms with Gasteiger partial charge in [0, 0.05) is 22.8 Å². The summed E-state index contributed by atoms with van der Waals surface area (Å²) in [4.78, 5) is 4.09. The fraction of sp³-hybridized carbons (Fsp3) is 0. The molecule has 0 bridgehead atoms. The summed E-state index contributed by atoms with van der Waals surface area (Å²) >= 11 is 7.72. The van der Waals surface area contributed by atoms with E-state index in [0.717, 1.165) is 0 Å². The molecule has 0 saturated heterocycles. The molecule has 0 radical (unpaired) electrons. The standard InChI is InChI=1S/C15H7ClF3IN2/c16-8-1-3-10(4-2-8)22-7-21-15(20)14(22)13-11(18)5-9(17)6-12(13)19/h1-7H. The van der Waals surface area contributed by atoms with Gasteiger partial charge in [0.15, 0.2) is 0 Å². The van der Waals surface area contributed by atoms with E-state index in [9.17, 15) is 13.2 Å². The molecular formula is C15H7ClF3IN2. The Morgan fingerprint density at radius 2 is 1.59 bits per heavy atom. The first-order valence-corrected chi connectivity index (χ1v) is 7.56. The summed E-state index contributed by atoms with van der Waals surface area (Å²) < 4.78 is 43.2. The number of nitrogens with zero attached hydrogens (tertiary/aromatic N) is 2. The van der Waals surface area contributed by atoms with E-state index in [1.807, 2.05) is 22.6 Å². The van der Waals surface area contributed by atoms with Crippen molar-refractivity contribution in [3.05, 3.63) is 68.9 Å². The number of imidazole rings is 1. The van der Waals surface area contributed by atoms with Crippen molar-refractivity contribution in [3.8, 4) is 16.9 Å². The minimum atomic E-state index is -0.980. The van der Waals surface area contributed by atoms with Crippen LogP contribution in [-0.4, -0.2) is 9.55 Å².